The Kier molecular flexibility index (Phi) is 6.63. The van der Waals surface area contributed by atoms with Crippen LogP contribution in [-0.4, -0.2) is 30.5 Å². The Balaban J connectivity index is 1.61. The maximum absolute atomic E-state index is 13.8. The highest BCUT2D eigenvalue weighted by Gasteiger charge is 2.45. The van der Waals surface area contributed by atoms with E-state index in [-0.39, 0.29) is 11.3 Å². The number of aliphatic hydroxyl groups is 1. The van der Waals surface area contributed by atoms with Gasteiger partial charge >= 0.3 is 0 Å². The molecule has 7 nitrogen and oxygen atoms in total. The summed E-state index contributed by atoms with van der Waals surface area (Å²) in [6.45, 7) is 2.59. The summed E-state index contributed by atoms with van der Waals surface area (Å²) < 4.78 is 16.9. The standard InChI is InChI=1S/C29H24ClNO6/c1-3-13-36-21-11-9-17(10-12-21)25-24(27(33)29(34)31(25)20-7-5-4-6-8-20)26(32)22-15-18-14-19(30)16-23(35-2)28(18)37-22/h4-12,14-16,25,33H,3,13H2,1-2H3. The van der Waals surface area contributed by atoms with E-state index in [2.05, 4.69) is 0 Å². The number of amides is 1. The molecule has 2 heterocycles. The number of fused-ring (bicyclic) bond motifs is 1. The molecule has 188 valence electrons. The van der Waals surface area contributed by atoms with Crippen molar-refractivity contribution < 1.29 is 28.6 Å². The summed E-state index contributed by atoms with van der Waals surface area (Å²) in [5.41, 5.74) is 1.43. The quantitative estimate of drug-likeness (QED) is 0.263. The number of hydrogen-bond acceptors (Lipinski definition) is 6. The first-order chi connectivity index (χ1) is 17.9. The van der Waals surface area contributed by atoms with Crippen LogP contribution in [0.2, 0.25) is 5.02 Å². The zero-order chi connectivity index (χ0) is 26.1. The summed E-state index contributed by atoms with van der Waals surface area (Å²) in [4.78, 5) is 28.6. The minimum absolute atomic E-state index is 0.0484. The molecule has 1 N–H and O–H groups in total. The molecule has 0 saturated heterocycles. The maximum Gasteiger partial charge on any atom is 0.294 e. The number of carbonyl (C=O) groups is 2. The van der Waals surface area contributed by atoms with Crippen LogP contribution in [0.4, 0.5) is 5.69 Å². The SMILES string of the molecule is CCCOc1ccc(C2C(C(=O)c3cc4cc(Cl)cc(OC)c4o3)=C(O)C(=O)N2c2ccccc2)cc1. The van der Waals surface area contributed by atoms with Gasteiger partial charge in [-0.2, -0.15) is 0 Å². The van der Waals surface area contributed by atoms with Crippen molar-refractivity contribution in [2.45, 2.75) is 19.4 Å². The molecule has 0 aliphatic carbocycles. The molecule has 0 radical (unpaired) electrons. The summed E-state index contributed by atoms with van der Waals surface area (Å²) in [6, 6.07) is 19.9. The molecule has 1 amide bonds. The molecule has 1 aromatic heterocycles. The van der Waals surface area contributed by atoms with E-state index in [4.69, 9.17) is 25.5 Å². The molecule has 0 saturated carbocycles. The van der Waals surface area contributed by atoms with Gasteiger partial charge in [-0.15, -0.1) is 0 Å². The third kappa shape index (κ3) is 4.42. The molecule has 8 heteroatoms. The molecule has 0 fully saturated rings. The third-order valence-electron chi connectivity index (χ3n) is 6.15. The molecule has 4 aromatic rings. The van der Waals surface area contributed by atoms with Gasteiger partial charge < -0.3 is 19.0 Å². The monoisotopic (exact) mass is 517 g/mol. The number of halogens is 1. The molecule has 1 aliphatic heterocycles. The smallest absolute Gasteiger partial charge is 0.294 e. The van der Waals surface area contributed by atoms with Crippen molar-refractivity contribution in [3.8, 4) is 11.5 Å². The van der Waals surface area contributed by atoms with Crippen LogP contribution in [0.5, 0.6) is 11.5 Å². The average Bonchev–Trinajstić information content (AvgIpc) is 3.46. The van der Waals surface area contributed by atoms with Gasteiger partial charge in [-0.05, 0) is 48.4 Å². The fraction of sp³-hybridized carbons (Fsp3) is 0.172. The van der Waals surface area contributed by atoms with Crippen LogP contribution in [0.1, 0.15) is 35.5 Å². The van der Waals surface area contributed by atoms with Crippen LogP contribution in [-0.2, 0) is 4.79 Å². The number of furan rings is 1. The lowest BCUT2D eigenvalue weighted by molar-refractivity contribution is -0.117. The minimum atomic E-state index is -0.888. The van der Waals surface area contributed by atoms with Gasteiger partial charge in [0.1, 0.15) is 5.75 Å². The van der Waals surface area contributed by atoms with E-state index in [1.807, 2.05) is 13.0 Å². The van der Waals surface area contributed by atoms with E-state index in [1.54, 1.807) is 60.7 Å². The lowest BCUT2D eigenvalue weighted by Crippen LogP contribution is -2.31. The van der Waals surface area contributed by atoms with Crippen molar-refractivity contribution in [1.29, 1.82) is 0 Å². The minimum Gasteiger partial charge on any atom is -0.503 e. The van der Waals surface area contributed by atoms with Gasteiger partial charge in [-0.25, -0.2) is 0 Å². The normalized spacial score (nSPS) is 15.5. The number of Topliss-reactive ketones (excluding diaryl/α,β-unsaturated/α-hetero) is 1. The average molecular weight is 518 g/mol. The van der Waals surface area contributed by atoms with E-state index in [0.717, 1.165) is 6.42 Å². The highest BCUT2D eigenvalue weighted by atomic mass is 35.5. The first-order valence-electron chi connectivity index (χ1n) is 11.8. The second-order valence-electron chi connectivity index (χ2n) is 8.56. The molecular formula is C29H24ClNO6. The van der Waals surface area contributed by atoms with Gasteiger partial charge in [-0.1, -0.05) is 48.9 Å². The van der Waals surface area contributed by atoms with Gasteiger partial charge in [-0.3, -0.25) is 14.5 Å². The zero-order valence-corrected chi connectivity index (χ0v) is 21.0. The molecular weight excluding hydrogens is 494 g/mol. The Labute approximate surface area is 218 Å². The number of carbonyl (C=O) groups excluding carboxylic acids is 2. The van der Waals surface area contributed by atoms with E-state index in [0.29, 0.717) is 45.3 Å². The number of ether oxygens (including phenoxy) is 2. The van der Waals surface area contributed by atoms with Crippen LogP contribution < -0.4 is 14.4 Å². The summed E-state index contributed by atoms with van der Waals surface area (Å²) in [5, 5.41) is 12.0. The Hall–Kier alpha value is -4.23. The lowest BCUT2D eigenvalue weighted by atomic mass is 9.94. The van der Waals surface area contributed by atoms with E-state index in [9.17, 15) is 14.7 Å². The van der Waals surface area contributed by atoms with Gasteiger partial charge in [0.05, 0.1) is 25.3 Å². The molecule has 3 aromatic carbocycles. The fourth-order valence-corrected chi connectivity index (χ4v) is 4.67. The van der Waals surface area contributed by atoms with Crippen molar-refractivity contribution in [2.75, 3.05) is 18.6 Å². The van der Waals surface area contributed by atoms with Crippen molar-refractivity contribution in [1.82, 2.24) is 0 Å². The third-order valence-corrected chi connectivity index (χ3v) is 6.36. The van der Waals surface area contributed by atoms with Crippen LogP contribution in [0, 0.1) is 0 Å². The Morgan fingerprint density at radius 3 is 2.49 bits per heavy atom. The summed E-state index contributed by atoms with van der Waals surface area (Å²) in [6.07, 6.45) is 0.865. The second kappa shape index (κ2) is 10.0. The van der Waals surface area contributed by atoms with Crippen molar-refractivity contribution in [2.24, 2.45) is 0 Å². The second-order valence-corrected chi connectivity index (χ2v) is 9.00. The zero-order valence-electron chi connectivity index (χ0n) is 20.2. The summed E-state index contributed by atoms with van der Waals surface area (Å²) in [7, 11) is 1.47. The topological polar surface area (TPSA) is 89.2 Å². The number of nitrogens with zero attached hydrogens (tertiary/aromatic N) is 1. The predicted octanol–water partition coefficient (Wildman–Crippen LogP) is 6.67. The van der Waals surface area contributed by atoms with Crippen LogP contribution in [0.25, 0.3) is 11.0 Å². The van der Waals surface area contributed by atoms with Crippen LogP contribution >= 0.6 is 11.6 Å². The van der Waals surface area contributed by atoms with E-state index < -0.39 is 23.5 Å². The molecule has 37 heavy (non-hydrogen) atoms. The van der Waals surface area contributed by atoms with Gasteiger partial charge in [0.15, 0.2) is 22.9 Å². The van der Waals surface area contributed by atoms with Crippen LogP contribution in [0.15, 0.2) is 88.5 Å². The number of ketones is 1. The number of methoxy groups -OCH3 is 1. The lowest BCUT2D eigenvalue weighted by Gasteiger charge is -2.27. The highest BCUT2D eigenvalue weighted by Crippen LogP contribution is 2.43. The number of anilines is 1. The number of benzene rings is 3. The van der Waals surface area contributed by atoms with Gasteiger partial charge in [0.2, 0.25) is 5.78 Å². The maximum atomic E-state index is 13.8. The fourth-order valence-electron chi connectivity index (χ4n) is 4.46. The number of aliphatic hydroxyl groups excluding tert-OH is 1. The highest BCUT2D eigenvalue weighted by molar-refractivity contribution is 6.31. The first-order valence-corrected chi connectivity index (χ1v) is 12.2. The Bertz CT molecular complexity index is 1510. The molecule has 1 aliphatic rings. The van der Waals surface area contributed by atoms with Gasteiger partial charge in [0, 0.05) is 22.2 Å². The number of para-hydroxylation sites is 1. The Morgan fingerprint density at radius 2 is 1.81 bits per heavy atom. The summed E-state index contributed by atoms with van der Waals surface area (Å²) >= 11 is 6.18. The largest absolute Gasteiger partial charge is 0.503 e. The van der Waals surface area contributed by atoms with E-state index >= 15 is 0 Å². The summed E-state index contributed by atoms with van der Waals surface area (Å²) in [5.74, 6) is -0.934. The molecule has 0 spiro atoms. The van der Waals surface area contributed by atoms with Crippen molar-refractivity contribution in [3.63, 3.8) is 0 Å². The molecule has 1 unspecified atom stereocenters. The Morgan fingerprint density at radius 1 is 1.08 bits per heavy atom. The molecule has 1 atom stereocenters. The first kappa shape index (κ1) is 24.5. The number of rotatable bonds is 8. The van der Waals surface area contributed by atoms with Crippen molar-refractivity contribution in [3.05, 3.63) is 100 Å². The van der Waals surface area contributed by atoms with Crippen molar-refractivity contribution >= 4 is 39.9 Å². The van der Waals surface area contributed by atoms with Gasteiger partial charge in [0.25, 0.3) is 5.91 Å². The van der Waals surface area contributed by atoms with E-state index in [1.165, 1.54) is 18.1 Å². The molecule has 0 bridgehead atoms. The van der Waals surface area contributed by atoms with Crippen LogP contribution in [0.3, 0.4) is 0 Å². The predicted molar refractivity (Wildman–Crippen MR) is 141 cm³/mol. The molecule has 5 rings (SSSR count). The number of hydrogen-bond donors (Lipinski definition) is 1.